The first-order valence-corrected chi connectivity index (χ1v) is 35.9. The number of rotatable bonds is 31. The fourth-order valence-corrected chi connectivity index (χ4v) is 17.2. The molecule has 0 aromatic carbocycles. The molecule has 570 valence electrons. The zero-order valence-corrected chi connectivity index (χ0v) is 59.1. The second-order valence-corrected chi connectivity index (χ2v) is 29.3. The van der Waals surface area contributed by atoms with Crippen molar-refractivity contribution in [1.29, 1.82) is 0 Å². The molecule has 7 rings (SSSR count). The number of carbonyl (C=O) groups is 10. The highest BCUT2D eigenvalue weighted by Crippen LogP contribution is 2.68. The molecular weight excluding hydrogens is 1320 g/mol. The molecule has 0 radical (unpaired) electrons. The molecule has 0 bridgehead atoms. The predicted octanol–water partition coefficient (Wildman–Crippen LogP) is -1.65. The van der Waals surface area contributed by atoms with Crippen LogP contribution in [-0.2, 0) is 57.4 Å². The van der Waals surface area contributed by atoms with Gasteiger partial charge in [-0.3, -0.25) is 92.3 Å². The molecular formula is C67H112N14O20. The van der Waals surface area contributed by atoms with Gasteiger partial charge in [0.1, 0.15) is 6.10 Å². The third-order valence-corrected chi connectivity index (χ3v) is 22.6. The normalized spacial score (nSPS) is 29.7. The van der Waals surface area contributed by atoms with Crippen molar-refractivity contribution in [3.05, 3.63) is 0 Å². The summed E-state index contributed by atoms with van der Waals surface area (Å²) >= 11 is 0. The average Bonchev–Trinajstić information content (AvgIpc) is 1.68. The second-order valence-electron chi connectivity index (χ2n) is 29.3. The van der Waals surface area contributed by atoms with E-state index in [1.807, 2.05) is 9.80 Å². The molecule has 7 aliphatic rings. The quantitative estimate of drug-likeness (QED) is 0.0211. The van der Waals surface area contributed by atoms with Crippen molar-refractivity contribution < 1.29 is 97.9 Å². The Kier molecular flexibility index (Phi) is 31.9. The van der Waals surface area contributed by atoms with E-state index in [4.69, 9.17) is 19.9 Å². The number of aliphatic imine (C=N–C) groups is 2. The number of nitrogens with one attached hydrogen (secondary N) is 2. The number of carboxylic acids is 6. The number of aliphatic hydroxyl groups is 1. The molecule has 0 aromatic heterocycles. The van der Waals surface area contributed by atoms with Gasteiger partial charge in [-0.2, -0.15) is 0 Å². The third kappa shape index (κ3) is 25.5. The summed E-state index contributed by atoms with van der Waals surface area (Å²) in [6.45, 7) is 9.89. The van der Waals surface area contributed by atoms with E-state index in [-0.39, 0.29) is 223 Å². The van der Waals surface area contributed by atoms with Gasteiger partial charge in [-0.05, 0) is 104 Å². The molecule has 4 aliphatic carbocycles. The lowest BCUT2D eigenvalue weighted by Crippen LogP contribution is -2.59. The summed E-state index contributed by atoms with van der Waals surface area (Å²) in [5, 5.41) is 75.2. The van der Waals surface area contributed by atoms with Gasteiger partial charge in [0.25, 0.3) is 0 Å². The minimum absolute atomic E-state index is 0.0507. The van der Waals surface area contributed by atoms with Crippen LogP contribution in [0.5, 0.6) is 0 Å². The summed E-state index contributed by atoms with van der Waals surface area (Å²) < 4.78 is 18.6. The van der Waals surface area contributed by atoms with Crippen LogP contribution in [0, 0.1) is 46.3 Å². The molecule has 3 saturated heterocycles. The Labute approximate surface area is 590 Å². The van der Waals surface area contributed by atoms with E-state index < -0.39 is 66.1 Å². The van der Waals surface area contributed by atoms with Crippen LogP contribution in [0.15, 0.2) is 9.98 Å². The lowest BCUT2D eigenvalue weighted by atomic mass is 9.43. The van der Waals surface area contributed by atoms with Gasteiger partial charge in [0.2, 0.25) is 17.7 Å². The average molecular weight is 1430 g/mol. The van der Waals surface area contributed by atoms with Gasteiger partial charge in [-0.1, -0.05) is 20.8 Å². The number of carbonyl (C=O) groups excluding carboxylic acids is 4. The maximum atomic E-state index is 14.2. The fourth-order valence-electron chi connectivity index (χ4n) is 17.2. The van der Waals surface area contributed by atoms with E-state index in [9.17, 15) is 83.7 Å². The second kappa shape index (κ2) is 39.7. The molecule has 3 heterocycles. The van der Waals surface area contributed by atoms with E-state index >= 15 is 0 Å². The number of nitrogens with two attached hydrogens (primary N) is 1. The Morgan fingerprint density at radius 1 is 0.515 bits per heavy atom. The van der Waals surface area contributed by atoms with Crippen molar-refractivity contribution in [2.75, 3.05) is 196 Å². The minimum Gasteiger partial charge on any atom is -0.481 e. The number of hydrogen-bond acceptors (Lipinski definition) is 24. The Hall–Kier alpha value is -6.92. The fraction of sp³-hybridized carbons (Fsp3) is 0.821. The lowest BCUT2D eigenvalue weighted by Gasteiger charge is -2.62. The number of nitrogens with zero attached hydrogens (tertiary/aromatic N) is 11. The summed E-state index contributed by atoms with van der Waals surface area (Å²) in [5.74, 6) is -5.48. The molecule has 12 atom stereocenters. The summed E-state index contributed by atoms with van der Waals surface area (Å²) in [6.07, 6.45) is 7.28. The summed E-state index contributed by atoms with van der Waals surface area (Å²) in [7, 11) is 0. The zero-order chi connectivity index (χ0) is 73.4. The highest BCUT2D eigenvalue weighted by atomic mass is 16.6. The first kappa shape index (κ1) is 81.4. The molecule has 34 nitrogen and oxygen atoms in total. The molecule has 7 fully saturated rings. The molecule has 5 unspecified atom stereocenters. The highest BCUT2D eigenvalue weighted by molar-refractivity contribution is 5.79. The Morgan fingerprint density at radius 3 is 1.30 bits per heavy atom. The van der Waals surface area contributed by atoms with Gasteiger partial charge >= 0.3 is 41.9 Å². The first-order valence-electron chi connectivity index (χ1n) is 35.9. The van der Waals surface area contributed by atoms with Crippen molar-refractivity contribution in [1.82, 2.24) is 54.7 Å². The number of amides is 4. The number of likely N-dealkylation sites (tertiary alicyclic amines) is 1. The smallest absolute Gasteiger partial charge is 0.410 e. The predicted molar refractivity (Wildman–Crippen MR) is 366 cm³/mol. The van der Waals surface area contributed by atoms with E-state index in [1.165, 1.54) is 17.7 Å². The summed E-state index contributed by atoms with van der Waals surface area (Å²) in [6, 6.07) is 0. The molecule has 4 saturated carbocycles. The van der Waals surface area contributed by atoms with Crippen LogP contribution in [0.2, 0.25) is 0 Å². The molecule has 101 heavy (non-hydrogen) atoms. The van der Waals surface area contributed by atoms with Crippen molar-refractivity contribution in [2.24, 2.45) is 62.1 Å². The van der Waals surface area contributed by atoms with Crippen LogP contribution in [0.4, 0.5) is 4.79 Å². The topological polar surface area (TPSA) is 444 Å². The van der Waals surface area contributed by atoms with Crippen LogP contribution in [-0.4, -0.2) is 373 Å². The van der Waals surface area contributed by atoms with Crippen molar-refractivity contribution in [3.63, 3.8) is 0 Å². The van der Waals surface area contributed by atoms with Gasteiger partial charge in [0.05, 0.1) is 84.6 Å². The number of aliphatic carboxylic acids is 6. The Bertz CT molecular complexity index is 2660. The van der Waals surface area contributed by atoms with E-state index in [2.05, 4.69) is 41.4 Å². The van der Waals surface area contributed by atoms with E-state index in [0.29, 0.717) is 69.6 Å². The molecule has 34 heteroatoms. The van der Waals surface area contributed by atoms with Crippen LogP contribution >= 0.6 is 0 Å². The first-order chi connectivity index (χ1) is 48.1. The maximum Gasteiger partial charge on any atom is 0.410 e. The van der Waals surface area contributed by atoms with Crippen LogP contribution in [0.1, 0.15) is 85.0 Å². The lowest BCUT2D eigenvalue weighted by molar-refractivity contribution is -0.175. The maximum absolute atomic E-state index is 14.2. The molecule has 11 N–H and O–H groups in total. The Morgan fingerprint density at radius 2 is 0.911 bits per heavy atom. The number of carboxylic acid groups (broad SMARTS) is 6. The van der Waals surface area contributed by atoms with Crippen LogP contribution in [0.3, 0.4) is 0 Å². The van der Waals surface area contributed by atoms with E-state index in [1.54, 1.807) is 29.4 Å². The molecule has 3 aliphatic heterocycles. The number of ether oxygens (including phenoxy) is 3. The van der Waals surface area contributed by atoms with Gasteiger partial charge in [0, 0.05) is 124 Å². The Balaban J connectivity index is 0.946. The van der Waals surface area contributed by atoms with Gasteiger partial charge < -0.3 is 71.2 Å². The number of aliphatic hydroxyl groups excluding tert-OH is 1. The van der Waals surface area contributed by atoms with E-state index in [0.717, 1.165) is 32.1 Å². The molecule has 0 aromatic rings. The standard InChI is InChI=1S/C67H112N14O20/c1-46(4-9-59(86)87)50-7-8-51-49-6-5-47-32-48(10-11-66(47,2)52(49)33-55(82)67(50,51)3)101-65(98)81-34-53(99-44-69-12-14-71-57(84)37-74-18-16-73(36-56(68)83)17-22-76(39-60(88)89)26-27-77(23-19-74)40-61(90)91)54(35-81)100-45-70-13-15-72-58(85)38-75-20-24-78(41-62(92)93)28-30-80(43-64(96)97)31-29-79(25-21-75)42-63(94)95/h44-55,82H,4-43H2,1-3H3,(H2,68,83)(H,71,84)(H,72,85)(H,86,87)(H,88,89)(H,90,91)(H,92,93)(H,94,95)(H,96,97)/t46?,47-,48?,49?,50-,51?,52?,53-,54-,55+,66+,67-/m1/s1. The largest absolute Gasteiger partial charge is 0.481 e. The third-order valence-electron chi connectivity index (χ3n) is 22.6. The number of primary amides is 1. The summed E-state index contributed by atoms with van der Waals surface area (Å²) in [5.41, 5.74) is 5.23. The van der Waals surface area contributed by atoms with Gasteiger partial charge in [0.15, 0.2) is 25.0 Å². The van der Waals surface area contributed by atoms with Crippen molar-refractivity contribution in [3.8, 4) is 0 Å². The monoisotopic (exact) mass is 1430 g/mol. The van der Waals surface area contributed by atoms with Crippen LogP contribution in [0.25, 0.3) is 0 Å². The highest BCUT2D eigenvalue weighted by Gasteiger charge is 2.64. The summed E-state index contributed by atoms with van der Waals surface area (Å²) in [4.78, 5) is 147. The molecule has 0 spiro atoms. The van der Waals surface area contributed by atoms with Gasteiger partial charge in [-0.25, -0.2) is 4.79 Å². The van der Waals surface area contributed by atoms with Crippen LogP contribution < -0.4 is 16.4 Å². The number of hydrogen-bond donors (Lipinski definition) is 10. The SMILES string of the molecule is CC(CCC(=O)O)[C@H]1CCC2C3CC[C@@H]4CC(OC(=O)N5C[C@@H](OC=NCCNC(=O)CN6CCN(CC(N)=O)CCN(CC(=O)O)CCN(CC(=O)O)CC6)[C@H](OC=NCCNC(=O)CN6CCN(CC(=O)O)CCN(CC(=O)O)CCN(CC(=O)O)CC6)C5)CC[C@]4(C)C3C[C@H](O)[C@@]21C. The van der Waals surface area contributed by atoms with Crippen molar-refractivity contribution in [2.45, 2.75) is 109 Å². The number of fused-ring (bicyclic) bond motifs is 5. The molecule has 4 amide bonds. The van der Waals surface area contributed by atoms with Crippen molar-refractivity contribution >= 4 is 72.4 Å². The zero-order valence-electron chi connectivity index (χ0n) is 59.1. The van der Waals surface area contributed by atoms with Gasteiger partial charge in [-0.15, -0.1) is 0 Å². The minimum atomic E-state index is -1.06.